The number of hydrogen-bond donors (Lipinski definition) is 0. The van der Waals surface area contributed by atoms with E-state index in [-0.39, 0.29) is 17.7 Å². The fourth-order valence-corrected chi connectivity index (χ4v) is 7.69. The summed E-state index contributed by atoms with van der Waals surface area (Å²) in [6.45, 7) is 0. The molecule has 1 aliphatic heterocycles. The molecule has 0 saturated carbocycles. The largest absolute Gasteiger partial charge is 0.274 e. The first-order valence-corrected chi connectivity index (χ1v) is 14.2. The quantitative estimate of drug-likeness (QED) is 0.163. The molecule has 6 aliphatic rings. The number of imide groups is 1. The van der Waals surface area contributed by atoms with Gasteiger partial charge in [0.15, 0.2) is 0 Å². The summed E-state index contributed by atoms with van der Waals surface area (Å²) in [5.74, 6) is -1.72. The van der Waals surface area contributed by atoms with Crippen molar-refractivity contribution in [3.05, 3.63) is 142 Å². The van der Waals surface area contributed by atoms with Crippen LogP contribution in [0.25, 0.3) is 10.8 Å². The minimum atomic E-state index is -0.912. The molecule has 5 heteroatoms. The first-order valence-electron chi connectivity index (χ1n) is 13.4. The molecule has 0 N–H and O–H groups in total. The van der Waals surface area contributed by atoms with Crippen LogP contribution in [0.3, 0.4) is 0 Å². The number of carbonyl (C=O) groups is 2. The van der Waals surface area contributed by atoms with E-state index in [0.717, 1.165) is 43.2 Å². The highest BCUT2D eigenvalue weighted by atomic mass is 79.9. The molecule has 5 aromatic rings. The summed E-state index contributed by atoms with van der Waals surface area (Å²) >= 11 is 3.55. The molecule has 1 saturated heterocycles. The van der Waals surface area contributed by atoms with Crippen molar-refractivity contribution in [1.29, 1.82) is 0 Å². The molecule has 1 fully saturated rings. The molecule has 11 rings (SSSR count). The van der Waals surface area contributed by atoms with E-state index in [0.29, 0.717) is 5.69 Å². The van der Waals surface area contributed by atoms with Gasteiger partial charge in [-0.3, -0.25) is 14.6 Å². The Labute approximate surface area is 240 Å². The molecule has 40 heavy (non-hydrogen) atoms. The molecule has 4 atom stereocenters. The Bertz CT molecular complexity index is 1890. The Morgan fingerprint density at radius 3 is 2.38 bits per heavy atom. The zero-order chi connectivity index (χ0) is 27.0. The monoisotopic (exact) mass is 582 g/mol. The Morgan fingerprint density at radius 1 is 0.775 bits per heavy atom. The van der Waals surface area contributed by atoms with Crippen LogP contribution in [0.15, 0.2) is 125 Å². The first kappa shape index (κ1) is 23.5. The van der Waals surface area contributed by atoms with Gasteiger partial charge in [-0.1, -0.05) is 107 Å². The summed E-state index contributed by atoms with van der Waals surface area (Å²) in [7, 11) is 0. The third-order valence-electron chi connectivity index (χ3n) is 8.92. The lowest BCUT2D eigenvalue weighted by Crippen LogP contribution is -2.51. The van der Waals surface area contributed by atoms with Crippen LogP contribution in [-0.2, 0) is 15.0 Å². The van der Waals surface area contributed by atoms with Gasteiger partial charge in [0.25, 0.3) is 0 Å². The van der Waals surface area contributed by atoms with Crippen molar-refractivity contribution in [2.45, 2.75) is 11.3 Å². The molecule has 4 bridgehead atoms. The highest BCUT2D eigenvalue weighted by Gasteiger charge is 2.65. The number of carbonyl (C=O) groups excluding carboxylic acids is 2. The first-order chi connectivity index (χ1) is 19.6. The third-order valence-corrected chi connectivity index (χ3v) is 9.42. The van der Waals surface area contributed by atoms with Crippen molar-refractivity contribution in [3.63, 3.8) is 0 Å². The van der Waals surface area contributed by atoms with Crippen LogP contribution in [0.5, 0.6) is 0 Å². The number of hydrogen-bond acceptors (Lipinski definition) is 3. The standard InChI is InChI=1S/C35H23BrN2O2/c36-24-9-6-10-25(19-24)37-20-35-23-17-15-22(16-18-23)30(27-12-3-4-13-28(27)35)31-32(35)34(40)38(33(31)39)29-14-5-8-21-7-1-2-11-26(21)29/h1-20,30-32H/t30-,31-,32-,35-/m0/s1. The maximum absolute atomic E-state index is 14.8. The molecule has 5 aliphatic carbocycles. The fourth-order valence-electron chi connectivity index (χ4n) is 7.30. The normalized spacial score (nSPS) is 24.4. The topological polar surface area (TPSA) is 49.7 Å². The zero-order valence-corrected chi connectivity index (χ0v) is 23.0. The Hall–Kier alpha value is -4.35. The Morgan fingerprint density at radius 2 is 1.52 bits per heavy atom. The fraction of sp³-hybridized carbons (Fsp3) is 0.114. The van der Waals surface area contributed by atoms with Crippen LogP contribution in [-0.4, -0.2) is 18.0 Å². The van der Waals surface area contributed by atoms with Crippen LogP contribution in [0, 0.1) is 11.8 Å². The van der Waals surface area contributed by atoms with Crippen molar-refractivity contribution in [1.82, 2.24) is 0 Å². The second-order valence-electron chi connectivity index (χ2n) is 10.8. The number of halogens is 1. The van der Waals surface area contributed by atoms with Crippen molar-refractivity contribution in [2.75, 3.05) is 4.90 Å². The second-order valence-corrected chi connectivity index (χ2v) is 11.7. The minimum Gasteiger partial charge on any atom is -0.274 e. The molecule has 1 heterocycles. The highest BCUT2D eigenvalue weighted by Crippen LogP contribution is 2.60. The van der Waals surface area contributed by atoms with E-state index in [2.05, 4.69) is 52.3 Å². The molecule has 0 aromatic heterocycles. The van der Waals surface area contributed by atoms with Gasteiger partial charge in [-0.15, -0.1) is 0 Å². The van der Waals surface area contributed by atoms with Gasteiger partial charge in [-0.05, 0) is 51.9 Å². The summed E-state index contributed by atoms with van der Waals surface area (Å²) in [5, 5.41) is 1.89. The number of benzene rings is 5. The predicted octanol–water partition coefficient (Wildman–Crippen LogP) is 7.56. The van der Waals surface area contributed by atoms with E-state index in [1.165, 1.54) is 4.90 Å². The molecule has 192 valence electrons. The van der Waals surface area contributed by atoms with E-state index in [1.807, 2.05) is 85.1 Å². The van der Waals surface area contributed by atoms with E-state index < -0.39 is 17.3 Å². The zero-order valence-electron chi connectivity index (χ0n) is 21.4. The predicted molar refractivity (Wildman–Crippen MR) is 161 cm³/mol. The van der Waals surface area contributed by atoms with Crippen molar-refractivity contribution in [2.24, 2.45) is 16.8 Å². The van der Waals surface area contributed by atoms with E-state index in [4.69, 9.17) is 4.99 Å². The van der Waals surface area contributed by atoms with Crippen LogP contribution in [0.1, 0.15) is 28.2 Å². The lowest BCUT2D eigenvalue weighted by Gasteiger charge is -2.48. The molecule has 0 unspecified atom stereocenters. The SMILES string of the molecule is O=C1[C@H]2[C@H]3c4ccc(cc4)[C@@](C=Nc4cccc(Br)c4)(c4ccccc43)[C@@H]2C(=O)N1c1cccc2ccccc12. The van der Waals surface area contributed by atoms with E-state index in [1.54, 1.807) is 0 Å². The van der Waals surface area contributed by atoms with E-state index >= 15 is 0 Å². The van der Waals surface area contributed by atoms with Gasteiger partial charge in [-0.25, -0.2) is 4.90 Å². The third kappa shape index (κ3) is 3.10. The Kier molecular flexibility index (Phi) is 5.04. The summed E-state index contributed by atoms with van der Waals surface area (Å²) < 4.78 is 0.929. The summed E-state index contributed by atoms with van der Waals surface area (Å²) in [4.78, 5) is 35.8. The number of rotatable bonds is 3. The molecule has 0 spiro atoms. The molecule has 5 aromatic carbocycles. The number of fused-ring (bicyclic) bond motifs is 1. The summed E-state index contributed by atoms with van der Waals surface area (Å²) in [6, 6.07) is 38.3. The highest BCUT2D eigenvalue weighted by molar-refractivity contribution is 9.10. The van der Waals surface area contributed by atoms with Gasteiger partial charge in [-0.2, -0.15) is 0 Å². The summed E-state index contributed by atoms with van der Waals surface area (Å²) in [6.07, 6.45) is 1.93. The molecule has 4 nitrogen and oxygen atoms in total. The van der Waals surface area contributed by atoms with Gasteiger partial charge < -0.3 is 0 Å². The Balaban J connectivity index is 1.41. The lowest BCUT2D eigenvalue weighted by molar-refractivity contribution is -0.122. The van der Waals surface area contributed by atoms with Gasteiger partial charge in [0.2, 0.25) is 11.8 Å². The van der Waals surface area contributed by atoms with Crippen LogP contribution < -0.4 is 4.90 Å². The van der Waals surface area contributed by atoms with Crippen molar-refractivity contribution >= 4 is 56.1 Å². The molecule has 2 amide bonds. The number of amides is 2. The van der Waals surface area contributed by atoms with Crippen LogP contribution in [0.4, 0.5) is 11.4 Å². The van der Waals surface area contributed by atoms with E-state index in [9.17, 15) is 9.59 Å². The minimum absolute atomic E-state index is 0.145. The number of nitrogens with zero attached hydrogens (tertiary/aromatic N) is 2. The van der Waals surface area contributed by atoms with Gasteiger partial charge in [0.05, 0.1) is 28.6 Å². The van der Waals surface area contributed by atoms with Gasteiger partial charge >= 0.3 is 0 Å². The average molecular weight is 583 g/mol. The second kappa shape index (κ2) is 8.57. The summed E-state index contributed by atoms with van der Waals surface area (Å²) in [5.41, 5.74) is 4.67. The maximum Gasteiger partial charge on any atom is 0.239 e. The number of anilines is 1. The molecular weight excluding hydrogens is 560 g/mol. The lowest BCUT2D eigenvalue weighted by atomic mass is 9.52. The maximum atomic E-state index is 14.8. The molecular formula is C35H23BrN2O2. The van der Waals surface area contributed by atoms with Gasteiger partial charge in [0.1, 0.15) is 0 Å². The average Bonchev–Trinajstić information content (AvgIpc) is 3.23. The smallest absolute Gasteiger partial charge is 0.239 e. The van der Waals surface area contributed by atoms with Gasteiger partial charge in [0, 0.05) is 22.0 Å². The van der Waals surface area contributed by atoms with Crippen molar-refractivity contribution < 1.29 is 9.59 Å². The van der Waals surface area contributed by atoms with Crippen LogP contribution >= 0.6 is 15.9 Å². The van der Waals surface area contributed by atoms with Crippen molar-refractivity contribution in [3.8, 4) is 0 Å². The number of aliphatic imine (C=N–C) groups is 1. The molecule has 0 radical (unpaired) electrons. The van der Waals surface area contributed by atoms with Crippen LogP contribution in [0.2, 0.25) is 0 Å².